The molecule has 1 heterocycles. The van der Waals surface area contributed by atoms with Gasteiger partial charge in [-0.3, -0.25) is 4.90 Å². The smallest absolute Gasteiger partial charge is 0.408 e. The highest BCUT2D eigenvalue weighted by atomic mass is 16.5. The molecule has 0 aromatic heterocycles. The van der Waals surface area contributed by atoms with Crippen molar-refractivity contribution in [3.05, 3.63) is 35.9 Å². The number of aliphatic carboxylic acids is 1. The molecule has 2 atom stereocenters. The Labute approximate surface area is 110 Å². The SMILES string of the molecule is O=C(O)C1C[C@@H](OCc2ccccc2)CN1C(=O)O. The van der Waals surface area contributed by atoms with Gasteiger partial charge in [0.05, 0.1) is 19.3 Å². The highest BCUT2D eigenvalue weighted by Gasteiger charge is 2.40. The third kappa shape index (κ3) is 3.23. The van der Waals surface area contributed by atoms with Gasteiger partial charge in [-0.2, -0.15) is 0 Å². The van der Waals surface area contributed by atoms with Crippen molar-refractivity contribution in [2.75, 3.05) is 6.54 Å². The molecule has 6 nitrogen and oxygen atoms in total. The first-order valence-corrected chi connectivity index (χ1v) is 5.96. The molecule has 2 N–H and O–H groups in total. The first-order chi connectivity index (χ1) is 9.08. The van der Waals surface area contributed by atoms with Gasteiger partial charge < -0.3 is 14.9 Å². The lowest BCUT2D eigenvalue weighted by atomic mass is 10.2. The summed E-state index contributed by atoms with van der Waals surface area (Å²) in [5, 5.41) is 17.9. The third-order valence-corrected chi connectivity index (χ3v) is 3.12. The zero-order chi connectivity index (χ0) is 13.8. The van der Waals surface area contributed by atoms with Gasteiger partial charge in [0.1, 0.15) is 6.04 Å². The lowest BCUT2D eigenvalue weighted by Gasteiger charge is -2.16. The maximum absolute atomic E-state index is 11.0. The summed E-state index contributed by atoms with van der Waals surface area (Å²) in [6.45, 7) is 0.449. The Morgan fingerprint density at radius 3 is 2.47 bits per heavy atom. The van der Waals surface area contributed by atoms with Crippen LogP contribution < -0.4 is 0 Å². The van der Waals surface area contributed by atoms with Gasteiger partial charge in [0.25, 0.3) is 0 Å². The topological polar surface area (TPSA) is 87.1 Å². The molecular formula is C13H15NO5. The molecule has 0 spiro atoms. The van der Waals surface area contributed by atoms with Gasteiger partial charge >= 0.3 is 12.1 Å². The number of hydrogen-bond donors (Lipinski definition) is 2. The molecule has 0 radical (unpaired) electrons. The average Bonchev–Trinajstić information content (AvgIpc) is 2.82. The van der Waals surface area contributed by atoms with E-state index in [-0.39, 0.29) is 19.1 Å². The van der Waals surface area contributed by atoms with Crippen LogP contribution in [-0.2, 0) is 16.1 Å². The van der Waals surface area contributed by atoms with Gasteiger partial charge in [-0.05, 0) is 5.56 Å². The van der Waals surface area contributed by atoms with Gasteiger partial charge in [0, 0.05) is 6.42 Å². The predicted octanol–water partition coefficient (Wildman–Crippen LogP) is 1.41. The van der Waals surface area contributed by atoms with Crippen LogP contribution in [0.5, 0.6) is 0 Å². The van der Waals surface area contributed by atoms with E-state index in [1.54, 1.807) is 0 Å². The Morgan fingerprint density at radius 2 is 1.95 bits per heavy atom. The number of carboxylic acid groups (broad SMARTS) is 2. The van der Waals surface area contributed by atoms with E-state index in [4.69, 9.17) is 14.9 Å². The molecule has 2 rings (SSSR count). The van der Waals surface area contributed by atoms with Crippen LogP contribution in [0.1, 0.15) is 12.0 Å². The van der Waals surface area contributed by atoms with Crippen LogP contribution in [0.3, 0.4) is 0 Å². The first-order valence-electron chi connectivity index (χ1n) is 5.96. The van der Waals surface area contributed by atoms with Crippen molar-refractivity contribution in [2.24, 2.45) is 0 Å². The molecule has 1 aliphatic heterocycles. The number of amides is 1. The summed E-state index contributed by atoms with van der Waals surface area (Å²) >= 11 is 0. The summed E-state index contributed by atoms with van der Waals surface area (Å²) in [6.07, 6.45) is -1.41. The van der Waals surface area contributed by atoms with Crippen LogP contribution in [-0.4, -0.2) is 45.9 Å². The van der Waals surface area contributed by atoms with E-state index < -0.39 is 18.1 Å². The van der Waals surface area contributed by atoms with Crippen LogP contribution in [0.4, 0.5) is 4.79 Å². The normalized spacial score (nSPS) is 22.4. The van der Waals surface area contributed by atoms with Crippen molar-refractivity contribution in [1.82, 2.24) is 4.90 Å². The van der Waals surface area contributed by atoms with Crippen molar-refractivity contribution < 1.29 is 24.5 Å². The van der Waals surface area contributed by atoms with E-state index in [0.717, 1.165) is 10.5 Å². The van der Waals surface area contributed by atoms with Crippen LogP contribution in [0.15, 0.2) is 30.3 Å². The summed E-state index contributed by atoms with van der Waals surface area (Å²) < 4.78 is 5.58. The number of hydrogen-bond acceptors (Lipinski definition) is 3. The number of benzene rings is 1. The fraction of sp³-hybridized carbons (Fsp3) is 0.385. The van der Waals surface area contributed by atoms with Crippen LogP contribution >= 0.6 is 0 Å². The summed E-state index contributed by atoms with van der Waals surface area (Å²) in [5.74, 6) is -1.13. The molecule has 1 aromatic carbocycles. The van der Waals surface area contributed by atoms with E-state index in [1.165, 1.54) is 0 Å². The van der Waals surface area contributed by atoms with E-state index in [1.807, 2.05) is 30.3 Å². The number of carboxylic acids is 1. The summed E-state index contributed by atoms with van der Waals surface area (Å²) in [7, 11) is 0. The van der Waals surface area contributed by atoms with E-state index in [0.29, 0.717) is 6.61 Å². The van der Waals surface area contributed by atoms with Crippen LogP contribution in [0, 0.1) is 0 Å². The van der Waals surface area contributed by atoms with Gasteiger partial charge in [-0.15, -0.1) is 0 Å². The molecule has 1 aromatic rings. The molecule has 0 bridgehead atoms. The second-order valence-corrected chi connectivity index (χ2v) is 4.44. The molecular weight excluding hydrogens is 250 g/mol. The van der Waals surface area contributed by atoms with E-state index >= 15 is 0 Å². The summed E-state index contributed by atoms with van der Waals surface area (Å²) in [6, 6.07) is 8.45. The second kappa shape index (κ2) is 5.71. The molecule has 1 amide bonds. The molecule has 1 aliphatic rings. The molecule has 1 fully saturated rings. The Hall–Kier alpha value is -2.08. The minimum Gasteiger partial charge on any atom is -0.480 e. The zero-order valence-electron chi connectivity index (χ0n) is 10.2. The maximum Gasteiger partial charge on any atom is 0.408 e. The Bertz CT molecular complexity index is 439. The number of rotatable bonds is 4. The molecule has 0 aliphatic carbocycles. The second-order valence-electron chi connectivity index (χ2n) is 4.44. The van der Waals surface area contributed by atoms with Crippen LogP contribution in [0.2, 0.25) is 0 Å². The highest BCUT2D eigenvalue weighted by molar-refractivity contribution is 5.80. The number of carbonyl (C=O) groups is 2. The molecule has 102 valence electrons. The number of nitrogens with zero attached hydrogens (tertiary/aromatic N) is 1. The van der Waals surface area contributed by atoms with Gasteiger partial charge in [-0.1, -0.05) is 30.3 Å². The van der Waals surface area contributed by atoms with E-state index in [9.17, 15) is 9.59 Å². The van der Waals surface area contributed by atoms with Crippen molar-refractivity contribution in [3.8, 4) is 0 Å². The van der Waals surface area contributed by atoms with Gasteiger partial charge in [-0.25, -0.2) is 9.59 Å². The van der Waals surface area contributed by atoms with Crippen molar-refractivity contribution >= 4 is 12.1 Å². The van der Waals surface area contributed by atoms with E-state index in [2.05, 4.69) is 0 Å². The number of ether oxygens (including phenoxy) is 1. The fourth-order valence-electron chi connectivity index (χ4n) is 2.15. The predicted molar refractivity (Wildman–Crippen MR) is 65.8 cm³/mol. The summed E-state index contributed by atoms with van der Waals surface area (Å²) in [4.78, 5) is 22.8. The van der Waals surface area contributed by atoms with Gasteiger partial charge in [0.2, 0.25) is 0 Å². The van der Waals surface area contributed by atoms with Gasteiger partial charge in [0.15, 0.2) is 0 Å². The largest absolute Gasteiger partial charge is 0.480 e. The maximum atomic E-state index is 11.0. The lowest BCUT2D eigenvalue weighted by Crippen LogP contribution is -2.39. The van der Waals surface area contributed by atoms with Crippen molar-refractivity contribution in [2.45, 2.75) is 25.2 Å². The fourth-order valence-corrected chi connectivity index (χ4v) is 2.15. The minimum atomic E-state index is -1.22. The highest BCUT2D eigenvalue weighted by Crippen LogP contribution is 2.21. The molecule has 6 heteroatoms. The Morgan fingerprint density at radius 1 is 1.26 bits per heavy atom. The number of likely N-dealkylation sites (tertiary alicyclic amines) is 1. The molecule has 1 saturated heterocycles. The third-order valence-electron chi connectivity index (χ3n) is 3.12. The Balaban J connectivity index is 1.93. The lowest BCUT2D eigenvalue weighted by molar-refractivity contribution is -0.141. The average molecular weight is 265 g/mol. The Kier molecular flexibility index (Phi) is 4.01. The molecule has 19 heavy (non-hydrogen) atoms. The minimum absolute atomic E-state index is 0.0964. The zero-order valence-corrected chi connectivity index (χ0v) is 10.2. The standard InChI is InChI=1S/C13H15NO5/c15-12(16)11-6-10(7-14(11)13(17)18)19-8-9-4-2-1-3-5-9/h1-5,10-11H,6-8H2,(H,15,16)(H,17,18)/t10-,11?/m1/s1. The van der Waals surface area contributed by atoms with Crippen LogP contribution in [0.25, 0.3) is 0 Å². The summed E-state index contributed by atoms with van der Waals surface area (Å²) in [5.41, 5.74) is 0.975. The first kappa shape index (κ1) is 13.4. The monoisotopic (exact) mass is 265 g/mol. The molecule has 0 saturated carbocycles. The molecule has 1 unspecified atom stereocenters. The van der Waals surface area contributed by atoms with Crippen molar-refractivity contribution in [1.29, 1.82) is 0 Å². The quantitative estimate of drug-likeness (QED) is 0.859. The van der Waals surface area contributed by atoms with Crippen molar-refractivity contribution in [3.63, 3.8) is 0 Å².